The smallest absolute Gasteiger partial charge is 0.313 e. The predicted molar refractivity (Wildman–Crippen MR) is 70.8 cm³/mol. The highest BCUT2D eigenvalue weighted by Crippen LogP contribution is 2.27. The van der Waals surface area contributed by atoms with Gasteiger partial charge in [-0.25, -0.2) is 4.98 Å². The molecule has 0 unspecified atom stereocenters. The minimum atomic E-state index is -0.891. The minimum Gasteiger partial charge on any atom is -0.481 e. The van der Waals surface area contributed by atoms with Crippen LogP contribution in [0.4, 0.5) is 0 Å². The van der Waals surface area contributed by atoms with E-state index < -0.39 is 11.4 Å². The van der Waals surface area contributed by atoms with Gasteiger partial charge in [-0.2, -0.15) is 0 Å². The van der Waals surface area contributed by atoms with Crippen molar-refractivity contribution in [3.05, 3.63) is 29.6 Å². The summed E-state index contributed by atoms with van der Waals surface area (Å²) in [6.07, 6.45) is 0.864. The van der Waals surface area contributed by atoms with Gasteiger partial charge in [0.05, 0.1) is 16.4 Å². The first-order chi connectivity index (χ1) is 8.37. The van der Waals surface area contributed by atoms with Crippen molar-refractivity contribution in [3.8, 4) is 0 Å². The van der Waals surface area contributed by atoms with Gasteiger partial charge in [0, 0.05) is 13.5 Å². The number of benzene rings is 1. The molecule has 0 aliphatic heterocycles. The first-order valence-electron chi connectivity index (χ1n) is 6.07. The number of rotatable bonds is 3. The van der Waals surface area contributed by atoms with Crippen LogP contribution in [-0.2, 0) is 23.7 Å². The zero-order valence-corrected chi connectivity index (χ0v) is 11.2. The Bertz CT molecular complexity index is 612. The molecule has 1 aromatic heterocycles. The molecule has 0 radical (unpaired) electrons. The highest BCUT2D eigenvalue weighted by molar-refractivity contribution is 5.84. The van der Waals surface area contributed by atoms with Crippen LogP contribution >= 0.6 is 0 Å². The number of carboxylic acid groups (broad SMARTS) is 1. The maximum absolute atomic E-state index is 11.3. The lowest BCUT2D eigenvalue weighted by atomic mass is 9.85. The molecule has 0 saturated heterocycles. The summed E-state index contributed by atoms with van der Waals surface area (Å²) in [7, 11) is 1.98. The van der Waals surface area contributed by atoms with Crippen LogP contribution < -0.4 is 0 Å². The Kier molecular flexibility index (Phi) is 2.89. The van der Waals surface area contributed by atoms with Gasteiger partial charge >= 0.3 is 5.97 Å². The van der Waals surface area contributed by atoms with Crippen molar-refractivity contribution in [3.63, 3.8) is 0 Å². The van der Waals surface area contributed by atoms with E-state index in [0.717, 1.165) is 28.8 Å². The van der Waals surface area contributed by atoms with Gasteiger partial charge in [0.25, 0.3) is 0 Å². The second-order valence-electron chi connectivity index (χ2n) is 5.07. The van der Waals surface area contributed by atoms with Crippen LogP contribution in [0.3, 0.4) is 0 Å². The number of imidazole rings is 1. The van der Waals surface area contributed by atoms with Gasteiger partial charge < -0.3 is 9.67 Å². The molecule has 4 nitrogen and oxygen atoms in total. The standard InChI is InChI=1S/C14H18N2O2/c1-5-12-15-10-8-9(14(2,3)13(17)18)6-7-11(10)16(12)4/h6-8H,5H2,1-4H3,(H,17,18). The topological polar surface area (TPSA) is 55.1 Å². The minimum absolute atomic E-state index is 0.781. The number of carbonyl (C=O) groups is 1. The summed E-state index contributed by atoms with van der Waals surface area (Å²) >= 11 is 0. The highest BCUT2D eigenvalue weighted by Gasteiger charge is 2.29. The molecular weight excluding hydrogens is 228 g/mol. The fraction of sp³-hybridized carbons (Fsp3) is 0.429. The van der Waals surface area contributed by atoms with Crippen molar-refractivity contribution >= 4 is 17.0 Å². The summed E-state index contributed by atoms with van der Waals surface area (Å²) in [4.78, 5) is 15.8. The molecule has 1 aromatic carbocycles. The van der Waals surface area contributed by atoms with Crippen molar-refractivity contribution in [2.45, 2.75) is 32.6 Å². The van der Waals surface area contributed by atoms with Crippen molar-refractivity contribution in [2.24, 2.45) is 7.05 Å². The first-order valence-corrected chi connectivity index (χ1v) is 6.07. The van der Waals surface area contributed by atoms with Crippen LogP contribution in [0.1, 0.15) is 32.2 Å². The fourth-order valence-corrected chi connectivity index (χ4v) is 2.08. The summed E-state index contributed by atoms with van der Waals surface area (Å²) in [6, 6.07) is 5.70. The molecule has 0 aliphatic carbocycles. The van der Waals surface area contributed by atoms with Gasteiger partial charge in [-0.15, -0.1) is 0 Å². The number of carboxylic acids is 1. The average Bonchev–Trinajstić information content (AvgIpc) is 2.65. The molecule has 2 aromatic rings. The maximum atomic E-state index is 11.3. The van der Waals surface area contributed by atoms with E-state index in [-0.39, 0.29) is 0 Å². The summed E-state index contributed by atoms with van der Waals surface area (Å²) in [6.45, 7) is 5.48. The van der Waals surface area contributed by atoms with Crippen LogP contribution in [0.15, 0.2) is 18.2 Å². The molecule has 2 rings (SSSR count). The molecule has 0 amide bonds. The van der Waals surface area contributed by atoms with Crippen LogP contribution in [0.2, 0.25) is 0 Å². The van der Waals surface area contributed by atoms with E-state index in [0.29, 0.717) is 0 Å². The molecule has 1 N–H and O–H groups in total. The van der Waals surface area contributed by atoms with E-state index in [1.807, 2.05) is 29.8 Å². The monoisotopic (exact) mass is 246 g/mol. The zero-order chi connectivity index (χ0) is 13.5. The molecule has 0 fully saturated rings. The summed E-state index contributed by atoms with van der Waals surface area (Å²) in [5.74, 6) is 0.184. The SMILES string of the molecule is CCc1nc2cc(C(C)(C)C(=O)O)ccc2n1C. The molecule has 96 valence electrons. The van der Waals surface area contributed by atoms with E-state index in [9.17, 15) is 9.90 Å². The maximum Gasteiger partial charge on any atom is 0.313 e. The number of aryl methyl sites for hydroxylation is 2. The fourth-order valence-electron chi connectivity index (χ4n) is 2.08. The Morgan fingerprint density at radius 3 is 2.67 bits per heavy atom. The van der Waals surface area contributed by atoms with E-state index in [2.05, 4.69) is 11.9 Å². The summed E-state index contributed by atoms with van der Waals surface area (Å²) < 4.78 is 2.05. The lowest BCUT2D eigenvalue weighted by Gasteiger charge is -2.19. The van der Waals surface area contributed by atoms with Gasteiger partial charge in [-0.05, 0) is 31.5 Å². The molecule has 0 bridgehead atoms. The van der Waals surface area contributed by atoms with Crippen LogP contribution in [0, 0.1) is 0 Å². The Morgan fingerprint density at radius 1 is 1.44 bits per heavy atom. The van der Waals surface area contributed by atoms with E-state index in [4.69, 9.17) is 0 Å². The van der Waals surface area contributed by atoms with Gasteiger partial charge in [0.2, 0.25) is 0 Å². The average molecular weight is 246 g/mol. The van der Waals surface area contributed by atoms with Gasteiger partial charge in [0.15, 0.2) is 0 Å². The highest BCUT2D eigenvalue weighted by atomic mass is 16.4. The second-order valence-corrected chi connectivity index (χ2v) is 5.07. The molecular formula is C14H18N2O2. The molecule has 0 aliphatic rings. The van der Waals surface area contributed by atoms with Crippen LogP contribution in [0.25, 0.3) is 11.0 Å². The van der Waals surface area contributed by atoms with E-state index >= 15 is 0 Å². The predicted octanol–water partition coefficient (Wildman–Crippen LogP) is 2.50. The number of aliphatic carboxylic acids is 1. The lowest BCUT2D eigenvalue weighted by molar-refractivity contribution is -0.142. The molecule has 4 heteroatoms. The summed E-state index contributed by atoms with van der Waals surface area (Å²) in [5.41, 5.74) is 1.79. The number of nitrogens with zero attached hydrogens (tertiary/aromatic N) is 2. The quantitative estimate of drug-likeness (QED) is 0.905. The third-order valence-electron chi connectivity index (χ3n) is 3.55. The van der Waals surface area contributed by atoms with E-state index in [1.54, 1.807) is 13.8 Å². The van der Waals surface area contributed by atoms with Crippen LogP contribution in [0.5, 0.6) is 0 Å². The Morgan fingerprint density at radius 2 is 2.11 bits per heavy atom. The third-order valence-corrected chi connectivity index (χ3v) is 3.55. The summed E-state index contributed by atoms with van der Waals surface area (Å²) in [5, 5.41) is 9.25. The molecule has 18 heavy (non-hydrogen) atoms. The van der Waals surface area contributed by atoms with Crippen molar-refractivity contribution < 1.29 is 9.90 Å². The number of fused-ring (bicyclic) bond motifs is 1. The first kappa shape index (κ1) is 12.6. The van der Waals surface area contributed by atoms with Gasteiger partial charge in [0.1, 0.15) is 5.82 Å². The second kappa shape index (κ2) is 4.12. The molecule has 1 heterocycles. The molecule has 0 atom stereocenters. The number of aromatic nitrogens is 2. The Hall–Kier alpha value is -1.84. The third kappa shape index (κ3) is 1.78. The largest absolute Gasteiger partial charge is 0.481 e. The van der Waals surface area contributed by atoms with E-state index in [1.165, 1.54) is 0 Å². The normalized spacial score (nSPS) is 12.0. The molecule has 0 saturated carbocycles. The lowest BCUT2D eigenvalue weighted by Crippen LogP contribution is -2.28. The van der Waals surface area contributed by atoms with Crippen molar-refractivity contribution in [1.82, 2.24) is 9.55 Å². The van der Waals surface area contributed by atoms with Crippen LogP contribution in [-0.4, -0.2) is 20.6 Å². The Balaban J connectivity index is 2.61. The van der Waals surface area contributed by atoms with Gasteiger partial charge in [-0.1, -0.05) is 13.0 Å². The number of hydrogen-bond acceptors (Lipinski definition) is 2. The zero-order valence-electron chi connectivity index (χ0n) is 11.2. The molecule has 0 spiro atoms. The number of hydrogen-bond donors (Lipinski definition) is 1. The Labute approximate surface area is 106 Å². The van der Waals surface area contributed by atoms with Crippen molar-refractivity contribution in [1.29, 1.82) is 0 Å². The van der Waals surface area contributed by atoms with Crippen molar-refractivity contribution in [2.75, 3.05) is 0 Å². The van der Waals surface area contributed by atoms with Gasteiger partial charge in [-0.3, -0.25) is 4.79 Å².